The molecule has 0 saturated carbocycles. The van der Waals surface area contributed by atoms with E-state index in [0.29, 0.717) is 0 Å². The molecule has 0 fully saturated rings. The Morgan fingerprint density at radius 3 is 2.60 bits per heavy atom. The standard InChI is InChI=1S/C12H10BrN.BrH/c13-9-10-4-3-5-11(8-10)12-6-1-2-7-14-12;/h1-8H,9H2;1H. The average molecular weight is 329 g/mol. The van der Waals surface area contributed by atoms with E-state index in [1.165, 1.54) is 11.1 Å². The molecule has 1 aromatic carbocycles. The maximum Gasteiger partial charge on any atom is 0.0702 e. The van der Waals surface area contributed by atoms with Crippen LogP contribution in [0.25, 0.3) is 11.3 Å². The molecule has 0 spiro atoms. The van der Waals surface area contributed by atoms with Crippen LogP contribution in [0.15, 0.2) is 48.7 Å². The predicted octanol–water partition coefficient (Wildman–Crippen LogP) is 4.22. The van der Waals surface area contributed by atoms with E-state index in [4.69, 9.17) is 0 Å². The molecule has 1 heterocycles. The second-order valence-corrected chi connectivity index (χ2v) is 3.61. The van der Waals surface area contributed by atoms with Crippen molar-refractivity contribution in [3.8, 4) is 11.3 Å². The van der Waals surface area contributed by atoms with Gasteiger partial charge >= 0.3 is 0 Å². The fourth-order valence-corrected chi connectivity index (χ4v) is 1.70. The summed E-state index contributed by atoms with van der Waals surface area (Å²) < 4.78 is 0. The van der Waals surface area contributed by atoms with Gasteiger partial charge in [-0.2, -0.15) is 0 Å². The summed E-state index contributed by atoms with van der Waals surface area (Å²) in [6.07, 6.45) is 1.82. The van der Waals surface area contributed by atoms with Gasteiger partial charge in [0.2, 0.25) is 0 Å². The second kappa shape index (κ2) is 6.03. The van der Waals surface area contributed by atoms with Gasteiger partial charge in [-0.05, 0) is 23.8 Å². The van der Waals surface area contributed by atoms with Crippen molar-refractivity contribution in [1.82, 2.24) is 4.98 Å². The number of aromatic nitrogens is 1. The lowest BCUT2D eigenvalue weighted by Gasteiger charge is -2.01. The number of rotatable bonds is 2. The Labute approximate surface area is 108 Å². The molecule has 0 amide bonds. The van der Waals surface area contributed by atoms with Gasteiger partial charge in [-0.3, -0.25) is 4.98 Å². The first-order valence-electron chi connectivity index (χ1n) is 4.46. The van der Waals surface area contributed by atoms with Crippen LogP contribution in [0.3, 0.4) is 0 Å². The Kier molecular flexibility index (Phi) is 4.99. The summed E-state index contributed by atoms with van der Waals surface area (Å²) in [4.78, 5) is 4.31. The Morgan fingerprint density at radius 1 is 1.07 bits per heavy atom. The van der Waals surface area contributed by atoms with Crippen molar-refractivity contribution in [2.75, 3.05) is 0 Å². The first-order chi connectivity index (χ1) is 6.90. The van der Waals surface area contributed by atoms with Crippen molar-refractivity contribution in [2.45, 2.75) is 5.33 Å². The lowest BCUT2D eigenvalue weighted by molar-refractivity contribution is 1.32. The van der Waals surface area contributed by atoms with Crippen LogP contribution in [-0.4, -0.2) is 4.98 Å². The van der Waals surface area contributed by atoms with Crippen LogP contribution in [0, 0.1) is 0 Å². The zero-order chi connectivity index (χ0) is 9.80. The van der Waals surface area contributed by atoms with Crippen molar-refractivity contribution < 1.29 is 0 Å². The van der Waals surface area contributed by atoms with Crippen LogP contribution in [0.1, 0.15) is 5.56 Å². The number of nitrogens with zero attached hydrogens (tertiary/aromatic N) is 1. The lowest BCUT2D eigenvalue weighted by Crippen LogP contribution is -1.83. The summed E-state index contributed by atoms with van der Waals surface area (Å²) in [7, 11) is 0. The minimum atomic E-state index is 0. The maximum atomic E-state index is 4.31. The largest absolute Gasteiger partial charge is 0.256 e. The fraction of sp³-hybridized carbons (Fsp3) is 0.0833. The SMILES string of the molecule is Br.BrCc1cccc(-c2ccccn2)c1. The number of hydrogen-bond acceptors (Lipinski definition) is 1. The van der Waals surface area contributed by atoms with Crippen LogP contribution in [0.2, 0.25) is 0 Å². The molecule has 0 aliphatic rings. The fourth-order valence-electron chi connectivity index (χ4n) is 1.35. The molecule has 0 saturated heterocycles. The molecule has 0 N–H and O–H groups in total. The van der Waals surface area contributed by atoms with E-state index < -0.39 is 0 Å². The van der Waals surface area contributed by atoms with Gasteiger partial charge in [0.15, 0.2) is 0 Å². The van der Waals surface area contributed by atoms with Gasteiger partial charge in [0.05, 0.1) is 5.69 Å². The monoisotopic (exact) mass is 327 g/mol. The van der Waals surface area contributed by atoms with E-state index in [0.717, 1.165) is 11.0 Å². The average Bonchev–Trinajstić information content (AvgIpc) is 2.30. The van der Waals surface area contributed by atoms with Gasteiger partial charge < -0.3 is 0 Å². The van der Waals surface area contributed by atoms with E-state index in [2.05, 4.69) is 45.2 Å². The van der Waals surface area contributed by atoms with E-state index in [9.17, 15) is 0 Å². The Balaban J connectivity index is 0.00000112. The normalized spacial score (nSPS) is 9.40. The summed E-state index contributed by atoms with van der Waals surface area (Å²) in [5, 5.41) is 0.883. The van der Waals surface area contributed by atoms with Crippen LogP contribution < -0.4 is 0 Å². The van der Waals surface area contributed by atoms with Gasteiger partial charge in [-0.25, -0.2) is 0 Å². The second-order valence-electron chi connectivity index (χ2n) is 3.05. The highest BCUT2D eigenvalue weighted by molar-refractivity contribution is 9.08. The van der Waals surface area contributed by atoms with Gasteiger partial charge in [0.25, 0.3) is 0 Å². The molecule has 1 aromatic heterocycles. The highest BCUT2D eigenvalue weighted by Gasteiger charge is 1.98. The molecule has 15 heavy (non-hydrogen) atoms. The zero-order valence-electron chi connectivity index (χ0n) is 8.06. The van der Waals surface area contributed by atoms with E-state index in [1.54, 1.807) is 0 Å². The number of pyridine rings is 1. The Bertz CT molecular complexity index is 415. The summed E-state index contributed by atoms with van der Waals surface area (Å²) in [6.45, 7) is 0. The molecule has 0 aliphatic carbocycles. The first-order valence-corrected chi connectivity index (χ1v) is 5.58. The zero-order valence-corrected chi connectivity index (χ0v) is 11.4. The number of alkyl halides is 1. The van der Waals surface area contributed by atoms with Crippen molar-refractivity contribution in [2.24, 2.45) is 0 Å². The van der Waals surface area contributed by atoms with Crippen LogP contribution in [0.4, 0.5) is 0 Å². The van der Waals surface area contributed by atoms with Crippen molar-refractivity contribution >= 4 is 32.9 Å². The van der Waals surface area contributed by atoms with Gasteiger partial charge in [-0.1, -0.05) is 40.2 Å². The lowest BCUT2D eigenvalue weighted by atomic mass is 10.1. The van der Waals surface area contributed by atoms with Crippen LogP contribution in [-0.2, 0) is 5.33 Å². The topological polar surface area (TPSA) is 12.9 Å². The number of halogens is 2. The summed E-state index contributed by atoms with van der Waals surface area (Å²) in [6, 6.07) is 14.3. The molecule has 78 valence electrons. The number of hydrogen-bond donors (Lipinski definition) is 0. The molecule has 0 atom stereocenters. The number of benzene rings is 1. The van der Waals surface area contributed by atoms with Crippen LogP contribution in [0.5, 0.6) is 0 Å². The molecule has 0 bridgehead atoms. The molecule has 0 aliphatic heterocycles. The Hall–Kier alpha value is -0.670. The predicted molar refractivity (Wildman–Crippen MR) is 72.6 cm³/mol. The minimum Gasteiger partial charge on any atom is -0.256 e. The molecule has 1 nitrogen and oxygen atoms in total. The summed E-state index contributed by atoms with van der Waals surface area (Å²) in [5.74, 6) is 0. The summed E-state index contributed by atoms with van der Waals surface area (Å²) >= 11 is 3.44. The smallest absolute Gasteiger partial charge is 0.0702 e. The van der Waals surface area contributed by atoms with E-state index in [1.807, 2.05) is 24.4 Å². The Morgan fingerprint density at radius 2 is 1.93 bits per heavy atom. The molecule has 0 unspecified atom stereocenters. The van der Waals surface area contributed by atoms with Gasteiger partial charge in [-0.15, -0.1) is 17.0 Å². The molecule has 3 heteroatoms. The van der Waals surface area contributed by atoms with Gasteiger partial charge in [0, 0.05) is 17.1 Å². The quantitative estimate of drug-likeness (QED) is 0.752. The van der Waals surface area contributed by atoms with Crippen molar-refractivity contribution in [3.63, 3.8) is 0 Å². The molecular formula is C12H11Br2N. The van der Waals surface area contributed by atoms with Crippen molar-refractivity contribution in [3.05, 3.63) is 54.2 Å². The third-order valence-corrected chi connectivity index (χ3v) is 2.69. The van der Waals surface area contributed by atoms with Gasteiger partial charge in [0.1, 0.15) is 0 Å². The third-order valence-electron chi connectivity index (χ3n) is 2.04. The molecule has 0 radical (unpaired) electrons. The van der Waals surface area contributed by atoms with Crippen molar-refractivity contribution in [1.29, 1.82) is 0 Å². The molecule has 2 rings (SSSR count). The molecule has 2 aromatic rings. The highest BCUT2D eigenvalue weighted by Crippen LogP contribution is 2.18. The van der Waals surface area contributed by atoms with E-state index in [-0.39, 0.29) is 17.0 Å². The molecular weight excluding hydrogens is 318 g/mol. The maximum absolute atomic E-state index is 4.31. The highest BCUT2D eigenvalue weighted by atomic mass is 79.9. The van der Waals surface area contributed by atoms with Crippen LogP contribution >= 0.6 is 32.9 Å². The first kappa shape index (κ1) is 12.4. The summed E-state index contributed by atoms with van der Waals surface area (Å²) in [5.41, 5.74) is 3.46. The minimum absolute atomic E-state index is 0. The third kappa shape index (κ3) is 3.14. The van der Waals surface area contributed by atoms with E-state index >= 15 is 0 Å².